The van der Waals surface area contributed by atoms with Gasteiger partial charge >= 0.3 is 0 Å². The van der Waals surface area contributed by atoms with Crippen molar-refractivity contribution in [3.05, 3.63) is 70.3 Å². The first-order chi connectivity index (χ1) is 15.3. The number of ether oxygens (including phenoxy) is 1. The normalized spacial score (nSPS) is 17.9. The van der Waals surface area contributed by atoms with Gasteiger partial charge in [-0.25, -0.2) is 0 Å². The van der Waals surface area contributed by atoms with E-state index >= 15 is 0 Å². The topological polar surface area (TPSA) is 70.1 Å². The Morgan fingerprint density at radius 1 is 1.06 bits per heavy atom. The molecule has 170 valence electrons. The average molecular weight is 437 g/mol. The number of likely N-dealkylation sites (N-methyl/N-ethyl adjacent to an activating group) is 1. The highest BCUT2D eigenvalue weighted by atomic mass is 16.5. The Morgan fingerprint density at radius 2 is 1.72 bits per heavy atom. The molecule has 1 amide bonds. The van der Waals surface area contributed by atoms with Crippen molar-refractivity contribution in [2.24, 2.45) is 0 Å². The molecule has 1 aliphatic heterocycles. The minimum absolute atomic E-state index is 0.128. The number of ketones is 1. The summed E-state index contributed by atoms with van der Waals surface area (Å²) < 4.78 is 5.31. The minimum atomic E-state index is -0.652. The van der Waals surface area contributed by atoms with Gasteiger partial charge in [0.05, 0.1) is 18.7 Å². The first-order valence-electron chi connectivity index (χ1n) is 11.0. The predicted octanol–water partition coefficient (Wildman–Crippen LogP) is 4.08. The summed E-state index contributed by atoms with van der Waals surface area (Å²) >= 11 is 0. The molecule has 1 fully saturated rings. The lowest BCUT2D eigenvalue weighted by Crippen LogP contribution is -2.38. The molecule has 6 heteroatoms. The van der Waals surface area contributed by atoms with Gasteiger partial charge in [0.1, 0.15) is 11.5 Å². The van der Waals surface area contributed by atoms with Gasteiger partial charge in [-0.1, -0.05) is 43.7 Å². The maximum atomic E-state index is 13.1. The molecule has 0 saturated carbocycles. The standard InChI is InChI=1S/C26H32N2O4/c1-6-27(7-2)14-15-28-23(19-10-8-17(3)9-11-19)22(25(30)26(28)31)24(29)20-12-13-21(32-5)18(4)16-20/h8-13,16,23,29H,6-7,14-15H2,1-5H3/b24-22-. The molecule has 1 saturated heterocycles. The van der Waals surface area contributed by atoms with E-state index in [0.717, 1.165) is 29.8 Å². The number of Topliss-reactive ketones (excluding diaryl/α,β-unsaturated/α-hetero) is 1. The molecule has 3 rings (SSSR count). The molecule has 0 radical (unpaired) electrons. The van der Waals surface area contributed by atoms with Gasteiger partial charge in [-0.15, -0.1) is 0 Å². The molecule has 0 aromatic heterocycles. The summed E-state index contributed by atoms with van der Waals surface area (Å²) in [4.78, 5) is 30.0. The number of hydrogen-bond donors (Lipinski definition) is 1. The molecule has 1 heterocycles. The molecular formula is C26H32N2O4. The molecule has 0 bridgehead atoms. The Morgan fingerprint density at radius 3 is 2.28 bits per heavy atom. The van der Waals surface area contributed by atoms with Gasteiger partial charge in [-0.3, -0.25) is 9.59 Å². The molecule has 0 aliphatic carbocycles. The minimum Gasteiger partial charge on any atom is -0.507 e. The van der Waals surface area contributed by atoms with Crippen molar-refractivity contribution in [2.75, 3.05) is 33.3 Å². The molecule has 1 aliphatic rings. The average Bonchev–Trinajstić information content (AvgIpc) is 3.04. The van der Waals surface area contributed by atoms with E-state index in [2.05, 4.69) is 18.7 Å². The zero-order valence-electron chi connectivity index (χ0n) is 19.5. The van der Waals surface area contributed by atoms with Crippen LogP contribution in [0.5, 0.6) is 5.75 Å². The van der Waals surface area contributed by atoms with Crippen LogP contribution >= 0.6 is 0 Å². The van der Waals surface area contributed by atoms with Gasteiger partial charge in [0.2, 0.25) is 0 Å². The first kappa shape index (κ1) is 23.5. The number of benzene rings is 2. The summed E-state index contributed by atoms with van der Waals surface area (Å²) in [5.74, 6) is -0.697. The Hall–Kier alpha value is -3.12. The zero-order chi connectivity index (χ0) is 23.4. The number of rotatable bonds is 8. The monoisotopic (exact) mass is 436 g/mol. The molecule has 2 aromatic rings. The van der Waals surface area contributed by atoms with E-state index in [1.165, 1.54) is 0 Å². The van der Waals surface area contributed by atoms with E-state index < -0.39 is 17.7 Å². The second-order valence-corrected chi connectivity index (χ2v) is 8.11. The molecule has 32 heavy (non-hydrogen) atoms. The van der Waals surface area contributed by atoms with E-state index in [9.17, 15) is 14.7 Å². The lowest BCUT2D eigenvalue weighted by molar-refractivity contribution is -0.140. The third kappa shape index (κ3) is 4.55. The summed E-state index contributed by atoms with van der Waals surface area (Å²) in [7, 11) is 1.58. The third-order valence-electron chi connectivity index (χ3n) is 6.15. The molecule has 0 spiro atoms. The zero-order valence-corrected chi connectivity index (χ0v) is 19.5. The van der Waals surface area contributed by atoms with Gasteiger partial charge in [-0.05, 0) is 56.3 Å². The van der Waals surface area contributed by atoms with Crippen LogP contribution in [0.15, 0.2) is 48.0 Å². The van der Waals surface area contributed by atoms with Crippen LogP contribution in [0.3, 0.4) is 0 Å². The van der Waals surface area contributed by atoms with Crippen molar-refractivity contribution in [1.82, 2.24) is 9.80 Å². The van der Waals surface area contributed by atoms with Crippen molar-refractivity contribution in [2.45, 2.75) is 33.7 Å². The van der Waals surface area contributed by atoms with Crippen LogP contribution in [0, 0.1) is 13.8 Å². The molecular weight excluding hydrogens is 404 g/mol. The van der Waals surface area contributed by atoms with Crippen molar-refractivity contribution in [3.63, 3.8) is 0 Å². The van der Waals surface area contributed by atoms with Crippen molar-refractivity contribution < 1.29 is 19.4 Å². The third-order valence-corrected chi connectivity index (χ3v) is 6.15. The molecule has 6 nitrogen and oxygen atoms in total. The highest BCUT2D eigenvalue weighted by Crippen LogP contribution is 2.39. The number of aliphatic hydroxyl groups is 1. The molecule has 1 unspecified atom stereocenters. The summed E-state index contributed by atoms with van der Waals surface area (Å²) in [6.07, 6.45) is 0. The van der Waals surface area contributed by atoms with Gasteiger partial charge in [0, 0.05) is 18.7 Å². The van der Waals surface area contributed by atoms with Crippen LogP contribution in [-0.4, -0.2) is 59.9 Å². The van der Waals surface area contributed by atoms with Gasteiger partial charge in [0.25, 0.3) is 11.7 Å². The smallest absolute Gasteiger partial charge is 0.295 e. The number of amides is 1. The summed E-state index contributed by atoms with van der Waals surface area (Å²) in [6, 6.07) is 12.3. The van der Waals surface area contributed by atoms with Crippen LogP contribution in [0.2, 0.25) is 0 Å². The number of likely N-dealkylation sites (tertiary alicyclic amines) is 1. The fourth-order valence-electron chi connectivity index (χ4n) is 4.18. The van der Waals surface area contributed by atoms with E-state index in [1.807, 2.05) is 38.1 Å². The molecule has 2 aromatic carbocycles. The van der Waals surface area contributed by atoms with Gasteiger partial charge in [0.15, 0.2) is 0 Å². The maximum Gasteiger partial charge on any atom is 0.295 e. The number of aryl methyl sites for hydroxylation is 2. The quantitative estimate of drug-likeness (QED) is 0.384. The van der Waals surface area contributed by atoms with Crippen molar-refractivity contribution >= 4 is 17.4 Å². The van der Waals surface area contributed by atoms with Crippen LogP contribution in [0.4, 0.5) is 0 Å². The second kappa shape index (κ2) is 10.0. The van der Waals surface area contributed by atoms with Crippen molar-refractivity contribution in [1.29, 1.82) is 0 Å². The van der Waals surface area contributed by atoms with Crippen LogP contribution in [-0.2, 0) is 9.59 Å². The number of methoxy groups -OCH3 is 1. The first-order valence-corrected chi connectivity index (χ1v) is 11.0. The highest BCUT2D eigenvalue weighted by Gasteiger charge is 2.45. The van der Waals surface area contributed by atoms with E-state index in [1.54, 1.807) is 30.2 Å². The predicted molar refractivity (Wildman–Crippen MR) is 126 cm³/mol. The highest BCUT2D eigenvalue weighted by molar-refractivity contribution is 6.46. The Labute approximate surface area is 190 Å². The number of hydrogen-bond acceptors (Lipinski definition) is 5. The van der Waals surface area contributed by atoms with Crippen LogP contribution in [0.25, 0.3) is 5.76 Å². The SMILES string of the molecule is CCN(CC)CCN1C(=O)C(=O)/C(=C(\O)c2ccc(OC)c(C)c2)C1c1ccc(C)cc1. The lowest BCUT2D eigenvalue weighted by atomic mass is 9.94. The number of nitrogens with zero attached hydrogens (tertiary/aromatic N) is 2. The van der Waals surface area contributed by atoms with Crippen molar-refractivity contribution in [3.8, 4) is 5.75 Å². The number of carbonyl (C=O) groups excluding carboxylic acids is 2. The Kier molecular flexibility index (Phi) is 7.36. The molecule has 1 N–H and O–H groups in total. The van der Waals surface area contributed by atoms with E-state index in [-0.39, 0.29) is 11.3 Å². The Bertz CT molecular complexity index is 1020. The number of carbonyl (C=O) groups is 2. The lowest BCUT2D eigenvalue weighted by Gasteiger charge is -2.28. The fourth-order valence-corrected chi connectivity index (χ4v) is 4.18. The maximum absolute atomic E-state index is 13.1. The second-order valence-electron chi connectivity index (χ2n) is 8.11. The van der Waals surface area contributed by atoms with Gasteiger partial charge < -0.3 is 19.6 Å². The fraction of sp³-hybridized carbons (Fsp3) is 0.385. The summed E-state index contributed by atoms with van der Waals surface area (Å²) in [6.45, 7) is 10.8. The summed E-state index contributed by atoms with van der Waals surface area (Å²) in [5.41, 5.74) is 3.34. The number of aliphatic hydroxyl groups excluding tert-OH is 1. The molecule has 1 atom stereocenters. The van der Waals surface area contributed by atoms with Gasteiger partial charge in [-0.2, -0.15) is 0 Å². The largest absolute Gasteiger partial charge is 0.507 e. The van der Waals surface area contributed by atoms with Crippen LogP contribution in [0.1, 0.15) is 42.1 Å². The van der Waals surface area contributed by atoms with E-state index in [4.69, 9.17) is 4.74 Å². The summed E-state index contributed by atoms with van der Waals surface area (Å²) in [5, 5.41) is 11.2. The Balaban J connectivity index is 2.10. The van der Waals surface area contributed by atoms with Crippen LogP contribution < -0.4 is 4.74 Å². The van der Waals surface area contributed by atoms with E-state index in [0.29, 0.717) is 24.4 Å².